The summed E-state index contributed by atoms with van der Waals surface area (Å²) in [7, 11) is 5.35. The average Bonchev–Trinajstić information content (AvgIpc) is 3.37. The number of methoxy groups -OCH3 is 1. The number of amides is 1. The van der Waals surface area contributed by atoms with Gasteiger partial charge < -0.3 is 19.1 Å². The van der Waals surface area contributed by atoms with Crippen molar-refractivity contribution in [1.82, 2.24) is 20.0 Å². The number of nitrogens with one attached hydrogen (secondary N) is 1. The highest BCUT2D eigenvalue weighted by atomic mass is 28.1. The highest BCUT2D eigenvalue weighted by Gasteiger charge is 2.34. The summed E-state index contributed by atoms with van der Waals surface area (Å²) in [4.78, 5) is 31.6. The topological polar surface area (TPSA) is 106 Å². The Morgan fingerprint density at radius 3 is 2.74 bits per heavy atom. The van der Waals surface area contributed by atoms with Crippen LogP contribution in [0.1, 0.15) is 63.5 Å². The Kier molecular flexibility index (Phi) is 9.28. The van der Waals surface area contributed by atoms with Gasteiger partial charge in [0.15, 0.2) is 0 Å². The number of phenolic OH excluding ortho intramolecular Hbond substituents is 1. The van der Waals surface area contributed by atoms with Crippen molar-refractivity contribution in [3.05, 3.63) is 71.5 Å². The highest BCUT2D eigenvalue weighted by Crippen LogP contribution is 2.42. The van der Waals surface area contributed by atoms with Crippen molar-refractivity contribution >= 4 is 33.0 Å². The Morgan fingerprint density at radius 1 is 1.17 bits per heavy atom. The van der Waals surface area contributed by atoms with Gasteiger partial charge in [-0.15, -0.1) is 0 Å². The largest absolute Gasteiger partial charge is 0.508 e. The van der Waals surface area contributed by atoms with Crippen LogP contribution < -0.4 is 5.43 Å². The normalized spacial score (nSPS) is 20.9. The van der Waals surface area contributed by atoms with Crippen molar-refractivity contribution in [3.63, 3.8) is 0 Å². The van der Waals surface area contributed by atoms with Gasteiger partial charge in [-0.2, -0.15) is 0 Å². The van der Waals surface area contributed by atoms with Crippen LogP contribution in [0.25, 0.3) is 33.3 Å². The fraction of sp³-hybridized carbons (Fsp3) is 0.432. The number of hydrogen-bond donors (Lipinski definition) is 2. The molecule has 245 valence electrons. The molecule has 2 aromatic heterocycles. The molecule has 47 heavy (non-hydrogen) atoms. The maximum Gasteiger partial charge on any atom is 0.324 e. The second-order valence-electron chi connectivity index (χ2n) is 13.5. The van der Waals surface area contributed by atoms with E-state index in [0.717, 1.165) is 56.7 Å². The second kappa shape index (κ2) is 13.3. The number of carbonyl (C=O) groups excluding carboxylic acids is 2. The van der Waals surface area contributed by atoms with Gasteiger partial charge in [0.2, 0.25) is 5.91 Å². The maximum atomic E-state index is 13.4. The number of aromatic hydroxyl groups is 1. The molecule has 10 heteroatoms. The molecule has 6 rings (SSSR count). The van der Waals surface area contributed by atoms with E-state index in [1.165, 1.54) is 5.01 Å². The van der Waals surface area contributed by atoms with Gasteiger partial charge in [0.1, 0.15) is 11.8 Å². The molecule has 9 nitrogen and oxygen atoms in total. The molecule has 4 heterocycles. The Labute approximate surface area is 279 Å². The molecule has 2 aromatic carbocycles. The lowest BCUT2D eigenvalue weighted by molar-refractivity contribution is -0.154. The first kappa shape index (κ1) is 32.9. The van der Waals surface area contributed by atoms with Crippen molar-refractivity contribution in [1.29, 1.82) is 0 Å². The Bertz CT molecular complexity index is 1820. The average molecular weight is 652 g/mol. The Balaban J connectivity index is 1.57. The number of pyridine rings is 1. The number of benzene rings is 2. The summed E-state index contributed by atoms with van der Waals surface area (Å²) in [6.45, 7) is 9.82. The van der Waals surface area contributed by atoms with Gasteiger partial charge in [-0.05, 0) is 98.2 Å². The predicted octanol–water partition coefficient (Wildman–Crippen LogP) is 5.92. The summed E-state index contributed by atoms with van der Waals surface area (Å²) in [6.07, 6.45) is 3.84. The summed E-state index contributed by atoms with van der Waals surface area (Å²) in [5.41, 5.74) is 9.94. The van der Waals surface area contributed by atoms with Gasteiger partial charge in [-0.25, -0.2) is 5.43 Å². The van der Waals surface area contributed by atoms with Crippen molar-refractivity contribution < 1.29 is 24.2 Å². The van der Waals surface area contributed by atoms with Gasteiger partial charge >= 0.3 is 5.97 Å². The number of aryl methyl sites for hydroxylation is 1. The van der Waals surface area contributed by atoms with Crippen LogP contribution in [0.3, 0.4) is 0 Å². The number of carbonyl (C=O) groups is 2. The molecular formula is C37H43N4O5Si. The number of cyclic esters (lactones) is 1. The summed E-state index contributed by atoms with van der Waals surface area (Å²) >= 11 is 0. The lowest BCUT2D eigenvalue weighted by atomic mass is 9.84. The minimum atomic E-state index is -0.609. The Hall–Kier alpha value is -3.99. The number of esters is 1. The van der Waals surface area contributed by atoms with Crippen molar-refractivity contribution in [3.8, 4) is 28.1 Å². The molecule has 0 unspecified atom stereocenters. The Morgan fingerprint density at radius 2 is 1.98 bits per heavy atom. The van der Waals surface area contributed by atoms with E-state index in [1.807, 2.05) is 19.1 Å². The zero-order valence-electron chi connectivity index (χ0n) is 27.8. The summed E-state index contributed by atoms with van der Waals surface area (Å²) < 4.78 is 14.1. The standard InChI is InChI=1S/C37H43N4O5Si/c1-6-40-31-12-11-24-19-28(31)29(34(40)27-9-7-13-38-33(27)22(2)45-5)20-37(3,4)21-46-36(44)30-10-8-14-41(39-30)35(43)32(47)17-23-15-25(24)18-26(42)16-23/h7,9,11-13,15-16,18-19,22,30,32,39,42H,6,8,10,14,17,20-21H2,1-5H3/t22-,30-,32-/m0/s1. The number of phenols is 1. The summed E-state index contributed by atoms with van der Waals surface area (Å²) in [5, 5.41) is 13.4. The first-order chi connectivity index (χ1) is 22.5. The number of hydrazine groups is 1. The molecule has 3 radical (unpaired) electrons. The van der Waals surface area contributed by atoms with Crippen LogP contribution in [0.2, 0.25) is 5.54 Å². The maximum absolute atomic E-state index is 13.4. The number of nitrogens with zero attached hydrogens (tertiary/aromatic N) is 3. The second-order valence-corrected chi connectivity index (χ2v) is 14.2. The van der Waals surface area contributed by atoms with Crippen molar-refractivity contribution in [2.24, 2.45) is 5.41 Å². The number of hydrogen-bond acceptors (Lipinski definition) is 7. The first-order valence-corrected chi connectivity index (χ1v) is 17.0. The van der Waals surface area contributed by atoms with Crippen LogP contribution in [0.15, 0.2) is 54.7 Å². The molecule has 4 aromatic rings. The van der Waals surface area contributed by atoms with Gasteiger partial charge in [-0.3, -0.25) is 19.6 Å². The quantitative estimate of drug-likeness (QED) is 0.208. The fourth-order valence-corrected chi connectivity index (χ4v) is 7.35. The lowest BCUT2D eigenvalue weighted by Gasteiger charge is -2.35. The zero-order valence-corrected chi connectivity index (χ0v) is 28.8. The van der Waals surface area contributed by atoms with Crippen LogP contribution in [0.5, 0.6) is 5.75 Å². The molecule has 1 amide bonds. The smallest absolute Gasteiger partial charge is 0.324 e. The molecule has 6 bridgehead atoms. The third-order valence-electron chi connectivity index (χ3n) is 9.36. The third kappa shape index (κ3) is 6.59. The van der Waals surface area contributed by atoms with Crippen LogP contribution in [-0.4, -0.2) is 68.1 Å². The molecule has 0 aliphatic carbocycles. The predicted molar refractivity (Wildman–Crippen MR) is 183 cm³/mol. The highest BCUT2D eigenvalue weighted by molar-refractivity contribution is 6.23. The van der Waals surface area contributed by atoms with E-state index in [1.54, 1.807) is 25.4 Å². The van der Waals surface area contributed by atoms with Crippen LogP contribution in [-0.2, 0) is 38.4 Å². The number of rotatable bonds is 4. The summed E-state index contributed by atoms with van der Waals surface area (Å²) in [5.74, 6) is -0.386. The number of ether oxygens (including phenoxy) is 2. The van der Waals surface area contributed by atoms with Crippen LogP contribution >= 0.6 is 0 Å². The molecule has 2 aliphatic heterocycles. The van der Waals surface area contributed by atoms with E-state index >= 15 is 0 Å². The minimum absolute atomic E-state index is 0.138. The van der Waals surface area contributed by atoms with Gasteiger partial charge in [0.05, 0.1) is 24.1 Å². The van der Waals surface area contributed by atoms with Gasteiger partial charge in [-0.1, -0.05) is 26.0 Å². The monoisotopic (exact) mass is 651 g/mol. The van der Waals surface area contributed by atoms with E-state index in [0.29, 0.717) is 32.2 Å². The molecule has 0 saturated carbocycles. The third-order valence-corrected chi connectivity index (χ3v) is 9.81. The van der Waals surface area contributed by atoms with Crippen molar-refractivity contribution in [2.75, 3.05) is 20.3 Å². The van der Waals surface area contributed by atoms with E-state index in [-0.39, 0.29) is 30.3 Å². The molecular weight excluding hydrogens is 609 g/mol. The van der Waals surface area contributed by atoms with Crippen LogP contribution in [0, 0.1) is 5.41 Å². The minimum Gasteiger partial charge on any atom is -0.508 e. The summed E-state index contributed by atoms with van der Waals surface area (Å²) in [6, 6.07) is 15.4. The van der Waals surface area contributed by atoms with Gasteiger partial charge in [0.25, 0.3) is 0 Å². The molecule has 3 atom stereocenters. The lowest BCUT2D eigenvalue weighted by Crippen LogP contribution is -2.56. The molecule has 2 N–H and O–H groups in total. The fourth-order valence-electron chi connectivity index (χ4n) is 6.95. The number of aromatic nitrogens is 2. The molecule has 2 aliphatic rings. The van der Waals surface area contributed by atoms with E-state index in [4.69, 9.17) is 14.5 Å². The molecule has 1 fully saturated rings. The zero-order chi connectivity index (χ0) is 33.5. The SMILES string of the molecule is CCn1c(-c2cccnc2[C@H](C)OC)c2c3cc(ccc31)-c1cc(O)cc(c1)C[C@H]([Si])C(=O)N1CCC[C@H](N1)C(=O)OCC(C)(C)C2. The van der Waals surface area contributed by atoms with Crippen LogP contribution in [0.4, 0.5) is 0 Å². The van der Waals surface area contributed by atoms with Crippen molar-refractivity contribution in [2.45, 2.75) is 77.6 Å². The van der Waals surface area contributed by atoms with Gasteiger partial charge in [0, 0.05) is 64.1 Å². The molecule has 0 spiro atoms. The first-order valence-electron chi connectivity index (χ1n) is 16.4. The molecule has 1 saturated heterocycles. The number of fused-ring (bicyclic) bond motifs is 6. The van der Waals surface area contributed by atoms with E-state index < -0.39 is 17.0 Å². The van der Waals surface area contributed by atoms with E-state index in [2.05, 4.69) is 65.3 Å². The van der Waals surface area contributed by atoms with E-state index in [9.17, 15) is 14.7 Å².